The summed E-state index contributed by atoms with van der Waals surface area (Å²) < 4.78 is 11.2. The lowest BCUT2D eigenvalue weighted by Crippen LogP contribution is -2.51. The molecule has 2 aliphatic heterocycles. The highest BCUT2D eigenvalue weighted by molar-refractivity contribution is 5.83. The van der Waals surface area contributed by atoms with Crippen molar-refractivity contribution >= 4 is 12.1 Å². The van der Waals surface area contributed by atoms with Gasteiger partial charge in [0.2, 0.25) is 0 Å². The highest BCUT2D eigenvalue weighted by atomic mass is 16.6. The van der Waals surface area contributed by atoms with Gasteiger partial charge in [-0.05, 0) is 54.9 Å². The number of esters is 1. The minimum absolute atomic E-state index is 0.0939. The average Bonchev–Trinajstić information content (AvgIpc) is 3.16. The molecule has 0 aromatic carbocycles. The molecule has 0 aliphatic carbocycles. The first kappa shape index (κ1) is 19.8. The monoisotopic (exact) mass is 352 g/mol. The molecular formula is C19H32N2O4. The molecule has 6 nitrogen and oxygen atoms in total. The fourth-order valence-corrected chi connectivity index (χ4v) is 3.31. The van der Waals surface area contributed by atoms with E-state index in [0.29, 0.717) is 6.42 Å². The lowest BCUT2D eigenvalue weighted by Gasteiger charge is -2.33. The van der Waals surface area contributed by atoms with E-state index >= 15 is 0 Å². The molecule has 0 bridgehead atoms. The topological polar surface area (TPSA) is 77.8 Å². The number of carbonyl (C=O) groups excluding carboxylic acids is 2. The van der Waals surface area contributed by atoms with Crippen molar-refractivity contribution in [1.82, 2.24) is 10.2 Å². The van der Waals surface area contributed by atoms with Gasteiger partial charge in [0.15, 0.2) is 0 Å². The van der Waals surface area contributed by atoms with Crippen LogP contribution in [0.1, 0.15) is 54.9 Å². The molecule has 2 fully saturated rings. The van der Waals surface area contributed by atoms with Gasteiger partial charge in [-0.1, -0.05) is 12.2 Å². The van der Waals surface area contributed by atoms with Crippen molar-refractivity contribution in [2.24, 2.45) is 5.92 Å². The van der Waals surface area contributed by atoms with Crippen LogP contribution in [0.5, 0.6) is 0 Å². The molecule has 0 radical (unpaired) electrons. The molecule has 1 amide bonds. The predicted molar refractivity (Wildman–Crippen MR) is 96.2 cm³/mol. The zero-order chi connectivity index (χ0) is 19.0. The van der Waals surface area contributed by atoms with E-state index in [1.54, 1.807) is 4.90 Å². The molecule has 0 aromatic rings. The van der Waals surface area contributed by atoms with Crippen molar-refractivity contribution in [1.29, 1.82) is 0 Å². The van der Waals surface area contributed by atoms with E-state index in [0.717, 1.165) is 6.54 Å². The minimum Gasteiger partial charge on any atom is -0.458 e. The van der Waals surface area contributed by atoms with Crippen LogP contribution in [0.15, 0.2) is 12.2 Å². The van der Waals surface area contributed by atoms with Crippen LogP contribution in [0.2, 0.25) is 0 Å². The lowest BCUT2D eigenvalue weighted by atomic mass is 9.96. The van der Waals surface area contributed by atoms with Gasteiger partial charge < -0.3 is 14.8 Å². The molecule has 2 saturated heterocycles. The van der Waals surface area contributed by atoms with Crippen molar-refractivity contribution < 1.29 is 19.1 Å². The number of ether oxygens (including phenoxy) is 2. The van der Waals surface area contributed by atoms with E-state index in [4.69, 9.17) is 9.47 Å². The zero-order valence-corrected chi connectivity index (χ0v) is 16.5. The Morgan fingerprint density at radius 3 is 2.08 bits per heavy atom. The molecule has 25 heavy (non-hydrogen) atoms. The van der Waals surface area contributed by atoms with Crippen molar-refractivity contribution in [2.75, 3.05) is 6.54 Å². The zero-order valence-electron chi connectivity index (χ0n) is 16.5. The summed E-state index contributed by atoms with van der Waals surface area (Å²) >= 11 is 0. The summed E-state index contributed by atoms with van der Waals surface area (Å²) in [5, 5.41) is 3.28. The van der Waals surface area contributed by atoms with Gasteiger partial charge >= 0.3 is 12.1 Å². The van der Waals surface area contributed by atoms with Gasteiger partial charge in [0.25, 0.3) is 0 Å². The van der Waals surface area contributed by atoms with Crippen LogP contribution < -0.4 is 5.32 Å². The molecule has 0 saturated carbocycles. The highest BCUT2D eigenvalue weighted by Crippen LogP contribution is 2.37. The van der Waals surface area contributed by atoms with E-state index < -0.39 is 23.3 Å². The Labute approximate surface area is 150 Å². The van der Waals surface area contributed by atoms with Crippen LogP contribution in [0.4, 0.5) is 4.79 Å². The first-order valence-corrected chi connectivity index (χ1v) is 9.03. The maximum Gasteiger partial charge on any atom is 0.411 e. The molecule has 0 spiro atoms. The molecule has 2 aliphatic rings. The normalized spacial score (nSPS) is 29.8. The van der Waals surface area contributed by atoms with Crippen molar-refractivity contribution in [3.05, 3.63) is 12.2 Å². The summed E-state index contributed by atoms with van der Waals surface area (Å²) in [7, 11) is 0. The van der Waals surface area contributed by atoms with Crippen LogP contribution in [0, 0.1) is 5.92 Å². The maximum atomic E-state index is 12.9. The third-order valence-electron chi connectivity index (χ3n) is 4.17. The second-order valence-corrected chi connectivity index (χ2v) is 8.87. The summed E-state index contributed by atoms with van der Waals surface area (Å²) in [6, 6.07) is -0.521. The van der Waals surface area contributed by atoms with Gasteiger partial charge in [-0.3, -0.25) is 4.90 Å². The van der Waals surface area contributed by atoms with Crippen LogP contribution in [0.25, 0.3) is 0 Å². The fourth-order valence-electron chi connectivity index (χ4n) is 3.31. The molecule has 1 unspecified atom stereocenters. The van der Waals surface area contributed by atoms with Crippen LogP contribution >= 0.6 is 0 Å². The number of carbonyl (C=O) groups is 2. The second-order valence-electron chi connectivity index (χ2n) is 8.87. The lowest BCUT2D eigenvalue weighted by molar-refractivity contribution is -0.160. The van der Waals surface area contributed by atoms with E-state index in [1.165, 1.54) is 0 Å². The summed E-state index contributed by atoms with van der Waals surface area (Å²) in [5.41, 5.74) is -1.21. The summed E-state index contributed by atoms with van der Waals surface area (Å²) in [6.07, 6.45) is 4.16. The molecule has 2 rings (SSSR count). The number of hydrogen-bond acceptors (Lipinski definition) is 5. The Kier molecular flexibility index (Phi) is 5.52. The van der Waals surface area contributed by atoms with E-state index in [-0.39, 0.29) is 24.0 Å². The largest absolute Gasteiger partial charge is 0.458 e. The van der Waals surface area contributed by atoms with E-state index in [2.05, 4.69) is 11.4 Å². The third-order valence-corrected chi connectivity index (χ3v) is 4.17. The fraction of sp³-hybridized carbons (Fsp3) is 0.789. The van der Waals surface area contributed by atoms with Crippen molar-refractivity contribution in [3.8, 4) is 0 Å². The number of hydrogen-bond donors (Lipinski definition) is 1. The highest BCUT2D eigenvalue weighted by Gasteiger charge is 2.53. The standard InChI is InChI=1S/C19H32N2O4/c1-8-9-12-10-14(16(22)24-18(2,3)4)21(15(12)13-11-20-13)17(23)25-19(5,6)7/h8-9,12-15,20H,10-11H2,1-7H3/t12-,13?,14-,15-/m1/s1. The Morgan fingerprint density at radius 1 is 1.08 bits per heavy atom. The smallest absolute Gasteiger partial charge is 0.411 e. The molecular weight excluding hydrogens is 320 g/mol. The average molecular weight is 352 g/mol. The van der Waals surface area contributed by atoms with E-state index in [9.17, 15) is 9.59 Å². The quantitative estimate of drug-likeness (QED) is 0.480. The SMILES string of the molecule is CC=C[C@@H]1C[C@H](C(=O)OC(C)(C)C)N(C(=O)OC(C)(C)C)[C@H]1C1CN1. The van der Waals surface area contributed by atoms with Crippen molar-refractivity contribution in [3.63, 3.8) is 0 Å². The molecule has 2 heterocycles. The first-order valence-electron chi connectivity index (χ1n) is 9.03. The molecule has 0 aromatic heterocycles. The molecule has 142 valence electrons. The first-order chi connectivity index (χ1) is 11.4. The van der Waals surface area contributed by atoms with Gasteiger partial charge in [-0.25, -0.2) is 9.59 Å². The number of likely N-dealkylation sites (tertiary alicyclic amines) is 1. The van der Waals surface area contributed by atoms with Gasteiger partial charge in [0.05, 0.1) is 6.04 Å². The molecule has 4 atom stereocenters. The Bertz CT molecular complexity index is 541. The van der Waals surface area contributed by atoms with Crippen molar-refractivity contribution in [2.45, 2.75) is 84.2 Å². The van der Waals surface area contributed by atoms with E-state index in [1.807, 2.05) is 54.5 Å². The minimum atomic E-state index is -0.623. The van der Waals surface area contributed by atoms with Crippen LogP contribution in [-0.2, 0) is 14.3 Å². The maximum absolute atomic E-state index is 12.9. The van der Waals surface area contributed by atoms with Gasteiger partial charge in [0.1, 0.15) is 17.2 Å². The molecule has 6 heteroatoms. The number of amides is 1. The summed E-state index contributed by atoms with van der Waals surface area (Å²) in [4.78, 5) is 27.2. The number of rotatable bonds is 3. The third kappa shape index (κ3) is 5.21. The van der Waals surface area contributed by atoms with Crippen LogP contribution in [-0.4, -0.2) is 52.8 Å². The summed E-state index contributed by atoms with van der Waals surface area (Å²) in [6.45, 7) is 13.8. The summed E-state index contributed by atoms with van der Waals surface area (Å²) in [5.74, 6) is -0.258. The van der Waals surface area contributed by atoms with Gasteiger partial charge in [0, 0.05) is 18.5 Å². The Hall–Kier alpha value is -1.56. The van der Waals surface area contributed by atoms with Gasteiger partial charge in [-0.2, -0.15) is 0 Å². The van der Waals surface area contributed by atoms with Gasteiger partial charge in [-0.15, -0.1) is 0 Å². The molecule has 1 N–H and O–H groups in total. The number of allylic oxidation sites excluding steroid dienone is 1. The van der Waals surface area contributed by atoms with Crippen LogP contribution in [0.3, 0.4) is 0 Å². The Balaban J connectivity index is 2.30. The predicted octanol–water partition coefficient (Wildman–Crippen LogP) is 2.87. The Morgan fingerprint density at radius 2 is 1.64 bits per heavy atom. The number of nitrogens with zero attached hydrogens (tertiary/aromatic N) is 1. The number of nitrogens with one attached hydrogen (secondary N) is 1. The second kappa shape index (κ2) is 6.98.